The summed E-state index contributed by atoms with van der Waals surface area (Å²) >= 11 is 0. The number of benzene rings is 2. The van der Waals surface area contributed by atoms with Crippen molar-refractivity contribution in [2.75, 3.05) is 18.0 Å². The van der Waals surface area contributed by atoms with Crippen molar-refractivity contribution >= 4 is 17.5 Å². The van der Waals surface area contributed by atoms with Gasteiger partial charge in [0.2, 0.25) is 5.91 Å². The van der Waals surface area contributed by atoms with E-state index in [1.807, 2.05) is 20.8 Å². The van der Waals surface area contributed by atoms with Gasteiger partial charge >= 0.3 is 0 Å². The Bertz CT molecular complexity index is 990. The molecular formula is C24H27N3O2. The Morgan fingerprint density at radius 2 is 1.34 bits per heavy atom. The minimum absolute atomic E-state index is 0.0602. The van der Waals surface area contributed by atoms with Crippen molar-refractivity contribution in [1.82, 2.24) is 10.0 Å². The molecule has 0 N–H and O–H groups in total. The van der Waals surface area contributed by atoms with Crippen LogP contribution in [0.2, 0.25) is 0 Å². The molecule has 3 heterocycles. The predicted octanol–water partition coefficient (Wildman–Crippen LogP) is 3.46. The molecule has 0 aromatic heterocycles. The van der Waals surface area contributed by atoms with Crippen molar-refractivity contribution in [3.8, 4) is 0 Å². The number of rotatable bonds is 2. The second-order valence-corrected chi connectivity index (χ2v) is 8.77. The van der Waals surface area contributed by atoms with E-state index in [2.05, 4.69) is 53.3 Å². The molecule has 29 heavy (non-hydrogen) atoms. The van der Waals surface area contributed by atoms with E-state index in [1.54, 1.807) is 0 Å². The highest BCUT2D eigenvalue weighted by Crippen LogP contribution is 2.49. The van der Waals surface area contributed by atoms with Crippen molar-refractivity contribution in [2.45, 2.75) is 46.2 Å². The highest BCUT2D eigenvalue weighted by atomic mass is 16.2. The molecule has 5 rings (SSSR count). The number of carbonyl (C=O) groups is 2. The Kier molecular flexibility index (Phi) is 4.16. The van der Waals surface area contributed by atoms with Gasteiger partial charge in [0.15, 0.2) is 0 Å². The first-order valence-electron chi connectivity index (χ1n) is 10.4. The van der Waals surface area contributed by atoms with E-state index < -0.39 is 6.04 Å². The van der Waals surface area contributed by atoms with Gasteiger partial charge < -0.3 is 0 Å². The van der Waals surface area contributed by atoms with Crippen molar-refractivity contribution in [2.24, 2.45) is 5.92 Å². The summed E-state index contributed by atoms with van der Waals surface area (Å²) in [5, 5.41) is 4.43. The first-order valence-corrected chi connectivity index (χ1v) is 10.4. The van der Waals surface area contributed by atoms with Crippen LogP contribution in [0.25, 0.3) is 0 Å². The van der Waals surface area contributed by atoms with Crippen LogP contribution >= 0.6 is 0 Å². The highest BCUT2D eigenvalue weighted by molar-refractivity contribution is 6.24. The smallest absolute Gasteiger partial charge is 0.253 e. The number of hydrogen-bond donors (Lipinski definition) is 0. The van der Waals surface area contributed by atoms with Gasteiger partial charge in [-0.3, -0.25) is 9.59 Å². The number of imide groups is 1. The van der Waals surface area contributed by atoms with E-state index in [0.717, 1.165) is 47.5 Å². The lowest BCUT2D eigenvalue weighted by atomic mass is 9.89. The minimum atomic E-state index is -0.392. The number of amides is 2. The van der Waals surface area contributed by atoms with Gasteiger partial charge in [0.05, 0.1) is 17.6 Å². The predicted molar refractivity (Wildman–Crippen MR) is 112 cm³/mol. The van der Waals surface area contributed by atoms with Crippen LogP contribution < -0.4 is 4.90 Å². The number of carbonyl (C=O) groups excluding carboxylic acids is 2. The van der Waals surface area contributed by atoms with Gasteiger partial charge in [0, 0.05) is 13.1 Å². The second kappa shape index (κ2) is 6.51. The lowest BCUT2D eigenvalue weighted by molar-refractivity contribution is -0.126. The quantitative estimate of drug-likeness (QED) is 0.738. The molecule has 0 saturated carbocycles. The highest BCUT2D eigenvalue weighted by Gasteiger charge is 2.63. The van der Waals surface area contributed by atoms with E-state index in [-0.39, 0.29) is 23.8 Å². The molecule has 0 radical (unpaired) electrons. The Labute approximate surface area is 171 Å². The van der Waals surface area contributed by atoms with Crippen LogP contribution in [0.5, 0.6) is 0 Å². The molecule has 3 fully saturated rings. The van der Waals surface area contributed by atoms with Gasteiger partial charge in [-0.25, -0.2) is 14.9 Å². The van der Waals surface area contributed by atoms with Crippen molar-refractivity contribution in [3.63, 3.8) is 0 Å². The maximum atomic E-state index is 13.7. The summed E-state index contributed by atoms with van der Waals surface area (Å²) in [5.41, 5.74) is 6.20. The fourth-order valence-corrected chi connectivity index (χ4v) is 5.62. The normalized spacial score (nSPS) is 27.0. The molecule has 3 aliphatic heterocycles. The maximum Gasteiger partial charge on any atom is 0.253 e. The molecule has 2 aromatic carbocycles. The van der Waals surface area contributed by atoms with E-state index in [1.165, 1.54) is 10.5 Å². The Morgan fingerprint density at radius 1 is 0.759 bits per heavy atom. The van der Waals surface area contributed by atoms with Crippen LogP contribution in [-0.2, 0) is 9.59 Å². The van der Waals surface area contributed by atoms with Crippen molar-refractivity contribution in [1.29, 1.82) is 0 Å². The lowest BCUT2D eigenvalue weighted by Gasteiger charge is -2.30. The van der Waals surface area contributed by atoms with Gasteiger partial charge in [-0.15, -0.1) is 0 Å². The van der Waals surface area contributed by atoms with E-state index >= 15 is 0 Å². The van der Waals surface area contributed by atoms with E-state index in [0.29, 0.717) is 0 Å². The number of aryl methyl sites for hydroxylation is 4. The summed E-state index contributed by atoms with van der Waals surface area (Å²) < 4.78 is 0. The Balaban J connectivity index is 1.61. The molecule has 5 nitrogen and oxygen atoms in total. The lowest BCUT2D eigenvalue weighted by Crippen LogP contribution is -2.44. The zero-order valence-electron chi connectivity index (χ0n) is 17.5. The Hall–Kier alpha value is -2.50. The summed E-state index contributed by atoms with van der Waals surface area (Å²) in [6.45, 7) is 9.82. The average molecular weight is 389 g/mol. The largest absolute Gasteiger partial charge is 0.274 e. The summed E-state index contributed by atoms with van der Waals surface area (Å²) in [5.74, 6) is -0.489. The third-order valence-electron chi connectivity index (χ3n) is 6.68. The Morgan fingerprint density at radius 3 is 1.97 bits per heavy atom. The SMILES string of the molecule is Cc1ccc([C@H]2[C@@H]3C(=O)N(c4c(C)cc(C)cc4C)C(=O)[C@H]3N3CCCN23)cc1. The third kappa shape index (κ3) is 2.61. The van der Waals surface area contributed by atoms with Crippen LogP contribution in [0, 0.1) is 33.6 Å². The van der Waals surface area contributed by atoms with Crippen molar-refractivity contribution in [3.05, 3.63) is 64.2 Å². The zero-order valence-corrected chi connectivity index (χ0v) is 17.5. The van der Waals surface area contributed by atoms with Gasteiger partial charge in [0.1, 0.15) is 6.04 Å². The topological polar surface area (TPSA) is 43.9 Å². The molecule has 0 aliphatic carbocycles. The molecule has 2 aromatic rings. The fourth-order valence-electron chi connectivity index (χ4n) is 5.62. The van der Waals surface area contributed by atoms with Crippen LogP contribution in [0.15, 0.2) is 36.4 Å². The molecule has 2 amide bonds. The fraction of sp³-hybridized carbons (Fsp3) is 0.417. The van der Waals surface area contributed by atoms with Gasteiger partial charge in [-0.1, -0.05) is 47.5 Å². The standard InChI is InChI=1S/C24H27N3O2/c1-14-6-8-18(9-7-14)21-19-22(26-11-5-10-25(21)26)24(29)27(23(19)28)20-16(3)12-15(2)13-17(20)4/h6-9,12-13,19,21-22H,5,10-11H2,1-4H3/t19-,21-,22-/m0/s1. The van der Waals surface area contributed by atoms with Crippen LogP contribution in [-0.4, -0.2) is 41.0 Å². The first-order chi connectivity index (χ1) is 13.9. The van der Waals surface area contributed by atoms with Gasteiger partial charge in [-0.05, 0) is 50.8 Å². The van der Waals surface area contributed by atoms with Crippen molar-refractivity contribution < 1.29 is 9.59 Å². The number of nitrogens with zero attached hydrogens (tertiary/aromatic N) is 3. The monoisotopic (exact) mass is 389 g/mol. The molecule has 3 atom stereocenters. The zero-order chi connectivity index (χ0) is 20.4. The number of hydrogen-bond acceptors (Lipinski definition) is 4. The molecule has 0 spiro atoms. The summed E-state index contributed by atoms with van der Waals surface area (Å²) in [7, 11) is 0. The number of anilines is 1. The summed E-state index contributed by atoms with van der Waals surface area (Å²) in [6, 6.07) is 12.1. The molecule has 150 valence electrons. The van der Waals surface area contributed by atoms with Crippen LogP contribution in [0.4, 0.5) is 5.69 Å². The number of fused-ring (bicyclic) bond motifs is 3. The summed E-state index contributed by atoms with van der Waals surface area (Å²) in [4.78, 5) is 28.8. The third-order valence-corrected chi connectivity index (χ3v) is 6.68. The molecule has 0 unspecified atom stereocenters. The number of hydrazine groups is 1. The molecule has 5 heteroatoms. The maximum absolute atomic E-state index is 13.7. The molecular weight excluding hydrogens is 362 g/mol. The van der Waals surface area contributed by atoms with Crippen LogP contribution in [0.1, 0.15) is 40.3 Å². The second-order valence-electron chi connectivity index (χ2n) is 8.77. The minimum Gasteiger partial charge on any atom is -0.274 e. The summed E-state index contributed by atoms with van der Waals surface area (Å²) in [6.07, 6.45) is 1.02. The molecule has 0 bridgehead atoms. The molecule has 3 saturated heterocycles. The average Bonchev–Trinajstić information content (AvgIpc) is 3.30. The van der Waals surface area contributed by atoms with Crippen LogP contribution in [0.3, 0.4) is 0 Å². The molecule has 3 aliphatic rings. The van der Waals surface area contributed by atoms with E-state index in [9.17, 15) is 9.59 Å². The van der Waals surface area contributed by atoms with E-state index in [4.69, 9.17) is 0 Å². The van der Waals surface area contributed by atoms with Gasteiger partial charge in [-0.2, -0.15) is 0 Å². The first kappa shape index (κ1) is 18.5. The van der Waals surface area contributed by atoms with Gasteiger partial charge in [0.25, 0.3) is 5.91 Å².